The van der Waals surface area contributed by atoms with Crippen LogP contribution in [0.4, 0.5) is 0 Å². The number of hydrogen-bond acceptors (Lipinski definition) is 9. The lowest BCUT2D eigenvalue weighted by Crippen LogP contribution is -2.37. The van der Waals surface area contributed by atoms with E-state index in [0.717, 1.165) is 0 Å². The number of rotatable bonds is 12. The highest BCUT2D eigenvalue weighted by molar-refractivity contribution is 6.06. The maximum atomic E-state index is 12.9. The van der Waals surface area contributed by atoms with Crippen molar-refractivity contribution >= 4 is 35.3 Å². The van der Waals surface area contributed by atoms with Crippen molar-refractivity contribution in [3.8, 4) is 0 Å². The van der Waals surface area contributed by atoms with Crippen LogP contribution in [0.1, 0.15) is 89.8 Å². The Morgan fingerprint density at radius 1 is 0.463 bits per heavy atom. The minimum absolute atomic E-state index is 0.0575. The van der Waals surface area contributed by atoms with E-state index in [1.807, 2.05) is 0 Å². The Kier molecular flexibility index (Phi) is 10.0. The van der Waals surface area contributed by atoms with E-state index in [4.69, 9.17) is 14.2 Å². The number of ketones is 3. The zero-order valence-electron chi connectivity index (χ0n) is 23.2. The van der Waals surface area contributed by atoms with Gasteiger partial charge in [0.15, 0.2) is 17.3 Å². The van der Waals surface area contributed by atoms with Crippen molar-refractivity contribution < 1.29 is 43.0 Å². The molecule has 9 nitrogen and oxygen atoms in total. The molecule has 0 aromatic heterocycles. The zero-order chi connectivity index (χ0) is 30.2. The fraction of sp³-hybridized carbons (Fsp3) is 0.250. The van der Waals surface area contributed by atoms with Crippen LogP contribution in [0.25, 0.3) is 0 Å². The zero-order valence-corrected chi connectivity index (χ0v) is 23.2. The second-order valence-corrected chi connectivity index (χ2v) is 9.84. The normalized spacial score (nSPS) is 10.8. The molecule has 0 unspecified atom stereocenters. The van der Waals surface area contributed by atoms with Crippen molar-refractivity contribution in [3.05, 3.63) is 106 Å². The molecule has 41 heavy (non-hydrogen) atoms. The molecule has 3 aromatic carbocycles. The van der Waals surface area contributed by atoms with E-state index in [9.17, 15) is 28.8 Å². The van der Waals surface area contributed by atoms with Gasteiger partial charge in [-0.3, -0.25) is 14.4 Å². The molecule has 3 aromatic rings. The van der Waals surface area contributed by atoms with Gasteiger partial charge in [0.25, 0.3) is 0 Å². The summed E-state index contributed by atoms with van der Waals surface area (Å²) in [5.74, 6) is -3.33. The Bertz CT molecular complexity index is 1320. The number of hydrogen-bond donors (Lipinski definition) is 0. The van der Waals surface area contributed by atoms with E-state index in [-0.39, 0.29) is 70.6 Å². The van der Waals surface area contributed by atoms with Crippen molar-refractivity contribution in [2.75, 3.05) is 19.8 Å². The van der Waals surface area contributed by atoms with Gasteiger partial charge in [-0.1, -0.05) is 54.6 Å². The van der Waals surface area contributed by atoms with Crippen LogP contribution in [0, 0.1) is 5.41 Å². The van der Waals surface area contributed by atoms with Crippen molar-refractivity contribution in [3.63, 3.8) is 0 Å². The van der Waals surface area contributed by atoms with E-state index in [2.05, 4.69) is 0 Å². The van der Waals surface area contributed by atoms with Crippen LogP contribution in [0.15, 0.2) is 72.8 Å². The van der Waals surface area contributed by atoms with Gasteiger partial charge in [-0.2, -0.15) is 0 Å². The quantitative estimate of drug-likeness (QED) is 0.168. The molecule has 0 saturated heterocycles. The molecule has 212 valence electrons. The van der Waals surface area contributed by atoms with Crippen LogP contribution in [0.5, 0.6) is 0 Å². The topological polar surface area (TPSA) is 130 Å². The first-order valence-electron chi connectivity index (χ1n) is 12.7. The number of ether oxygens (including phenoxy) is 3. The summed E-state index contributed by atoms with van der Waals surface area (Å²) in [6.07, 6.45) is 0. The highest BCUT2D eigenvalue weighted by Gasteiger charge is 2.33. The van der Waals surface area contributed by atoms with Crippen molar-refractivity contribution in [2.45, 2.75) is 27.7 Å². The molecule has 0 spiro atoms. The Labute approximate surface area is 237 Å². The second-order valence-electron chi connectivity index (χ2n) is 9.84. The van der Waals surface area contributed by atoms with Crippen molar-refractivity contribution in [2.24, 2.45) is 5.41 Å². The first-order chi connectivity index (χ1) is 19.4. The molecular weight excluding hydrogens is 528 g/mol. The van der Waals surface area contributed by atoms with E-state index >= 15 is 0 Å². The number of carbonyl (C=O) groups excluding carboxylic acids is 6. The SMILES string of the molecule is CC(=O)c1ccccc1C(=O)OCC(C)(COC(=O)c1ccccc1C(C)=O)COC(=O)c1ccccc1C(C)=O. The van der Waals surface area contributed by atoms with Gasteiger partial charge in [-0.15, -0.1) is 0 Å². The van der Waals surface area contributed by atoms with Crippen LogP contribution in [-0.4, -0.2) is 55.1 Å². The van der Waals surface area contributed by atoms with E-state index in [1.54, 1.807) is 43.3 Å². The Morgan fingerprint density at radius 3 is 0.902 bits per heavy atom. The number of carbonyl (C=O) groups is 6. The van der Waals surface area contributed by atoms with Crippen LogP contribution in [-0.2, 0) is 14.2 Å². The highest BCUT2D eigenvalue weighted by atomic mass is 16.6. The van der Waals surface area contributed by atoms with Crippen LogP contribution in [0.3, 0.4) is 0 Å². The third kappa shape index (κ3) is 7.82. The Morgan fingerprint density at radius 2 is 0.683 bits per heavy atom. The summed E-state index contributed by atoms with van der Waals surface area (Å²) in [6.45, 7) is 4.47. The predicted molar refractivity (Wildman–Crippen MR) is 148 cm³/mol. The van der Waals surface area contributed by atoms with Crippen LogP contribution < -0.4 is 0 Å². The van der Waals surface area contributed by atoms with Gasteiger partial charge in [0, 0.05) is 16.7 Å². The third-order valence-corrected chi connectivity index (χ3v) is 6.23. The number of benzene rings is 3. The molecule has 0 aliphatic heterocycles. The summed E-state index contributed by atoms with van der Waals surface area (Å²) in [7, 11) is 0. The number of Topliss-reactive ketones (excluding diaryl/α,β-unsaturated/α-hetero) is 3. The lowest BCUT2D eigenvalue weighted by atomic mass is 9.93. The summed E-state index contributed by atoms with van der Waals surface area (Å²) in [5.41, 5.74) is -0.537. The molecule has 0 amide bonds. The lowest BCUT2D eigenvalue weighted by Gasteiger charge is -2.28. The lowest BCUT2D eigenvalue weighted by molar-refractivity contribution is -0.0289. The van der Waals surface area contributed by atoms with Gasteiger partial charge in [0.1, 0.15) is 19.8 Å². The van der Waals surface area contributed by atoms with Gasteiger partial charge in [0.2, 0.25) is 0 Å². The molecule has 0 N–H and O–H groups in total. The third-order valence-electron chi connectivity index (χ3n) is 6.23. The molecule has 0 bridgehead atoms. The summed E-state index contributed by atoms with van der Waals surface area (Å²) < 4.78 is 16.5. The largest absolute Gasteiger partial charge is 0.461 e. The fourth-order valence-corrected chi connectivity index (χ4v) is 3.98. The van der Waals surface area contributed by atoms with Gasteiger partial charge >= 0.3 is 17.9 Å². The molecule has 0 saturated carbocycles. The summed E-state index contributed by atoms with van der Waals surface area (Å²) in [4.78, 5) is 74.7. The van der Waals surface area contributed by atoms with E-state index in [0.29, 0.717) is 0 Å². The molecule has 3 rings (SSSR count). The maximum absolute atomic E-state index is 12.9. The highest BCUT2D eigenvalue weighted by Crippen LogP contribution is 2.23. The molecule has 9 heteroatoms. The predicted octanol–water partition coefficient (Wildman–Crippen LogP) is 5.17. The van der Waals surface area contributed by atoms with Gasteiger partial charge in [-0.25, -0.2) is 14.4 Å². The minimum atomic E-state index is -1.25. The Balaban J connectivity index is 1.82. The van der Waals surface area contributed by atoms with Gasteiger partial charge in [0.05, 0.1) is 22.1 Å². The maximum Gasteiger partial charge on any atom is 0.338 e. The first kappa shape index (κ1) is 30.6. The molecule has 0 aliphatic rings. The monoisotopic (exact) mass is 558 g/mol. The fourth-order valence-electron chi connectivity index (χ4n) is 3.98. The molecular formula is C32H30O9. The van der Waals surface area contributed by atoms with E-state index in [1.165, 1.54) is 57.2 Å². The summed E-state index contributed by atoms with van der Waals surface area (Å²) in [6, 6.07) is 18.5. The first-order valence-corrected chi connectivity index (χ1v) is 12.7. The van der Waals surface area contributed by atoms with E-state index < -0.39 is 23.3 Å². The average molecular weight is 559 g/mol. The van der Waals surface area contributed by atoms with Crippen LogP contribution >= 0.6 is 0 Å². The molecule has 0 atom stereocenters. The summed E-state index contributed by atoms with van der Waals surface area (Å²) >= 11 is 0. The second kappa shape index (κ2) is 13.4. The minimum Gasteiger partial charge on any atom is -0.461 e. The van der Waals surface area contributed by atoms with Gasteiger partial charge in [-0.05, 0) is 45.9 Å². The standard InChI is InChI=1S/C32H30O9/c1-20(33)23-11-5-8-14-26(23)29(36)39-17-32(4,18-40-30(37)27-15-9-6-12-24(27)21(2)34)19-41-31(38)28-16-10-7-13-25(28)22(3)35/h5-16H,17-19H2,1-4H3. The molecule has 0 fully saturated rings. The summed E-state index contributed by atoms with van der Waals surface area (Å²) in [5, 5.41) is 0. The van der Waals surface area contributed by atoms with Crippen molar-refractivity contribution in [1.29, 1.82) is 0 Å². The smallest absolute Gasteiger partial charge is 0.338 e. The Hall–Kier alpha value is -4.92. The van der Waals surface area contributed by atoms with Gasteiger partial charge < -0.3 is 14.2 Å². The number of esters is 3. The average Bonchev–Trinajstić information content (AvgIpc) is 2.97. The van der Waals surface area contributed by atoms with Crippen LogP contribution in [0.2, 0.25) is 0 Å². The molecule has 0 aliphatic carbocycles. The van der Waals surface area contributed by atoms with Crippen molar-refractivity contribution in [1.82, 2.24) is 0 Å². The molecule has 0 heterocycles. The molecule has 0 radical (unpaired) electrons.